The number of nitrogens with one attached hydrogen (secondary N) is 1. The lowest BCUT2D eigenvalue weighted by Crippen LogP contribution is -2.36. The molecule has 2 aliphatic heterocycles. The zero-order valence-electron chi connectivity index (χ0n) is 15.3. The van der Waals surface area contributed by atoms with E-state index in [0.29, 0.717) is 24.1 Å². The number of amides is 2. The van der Waals surface area contributed by atoms with Crippen molar-refractivity contribution >= 4 is 28.3 Å². The molecule has 2 saturated heterocycles. The van der Waals surface area contributed by atoms with Gasteiger partial charge in [-0.25, -0.2) is 4.98 Å². The van der Waals surface area contributed by atoms with Crippen LogP contribution in [0.15, 0.2) is 6.20 Å². The van der Waals surface area contributed by atoms with E-state index in [9.17, 15) is 9.59 Å². The normalized spacial score (nSPS) is 25.0. The second-order valence-electron chi connectivity index (χ2n) is 7.48. The summed E-state index contributed by atoms with van der Waals surface area (Å²) in [7, 11) is 0. The molecule has 0 saturated carbocycles. The summed E-state index contributed by atoms with van der Waals surface area (Å²) in [4.78, 5) is 34.2. The third-order valence-electron chi connectivity index (χ3n) is 5.24. The predicted molar refractivity (Wildman–Crippen MR) is 99.4 cm³/mol. The summed E-state index contributed by atoms with van der Waals surface area (Å²) in [6.45, 7) is 8.78. The lowest BCUT2D eigenvalue weighted by Gasteiger charge is -2.32. The number of likely N-dealkylation sites (tertiary alicyclic amines) is 2. The Hall–Kier alpha value is -1.47. The maximum absolute atomic E-state index is 12.4. The standard InChI is InChI=1S/C18H28N4O2S/c1-12(2)22-10-14(8-16(22)23)17(24)20-18-19-9-15(25-18)11-21-7-5-4-6-13(21)3/h9,12-14H,4-8,10-11H2,1-3H3,(H,19,20,24). The van der Waals surface area contributed by atoms with Crippen molar-refractivity contribution < 1.29 is 9.59 Å². The zero-order valence-corrected chi connectivity index (χ0v) is 16.1. The number of piperidine rings is 1. The maximum Gasteiger partial charge on any atom is 0.231 e. The van der Waals surface area contributed by atoms with Crippen LogP contribution in [0.5, 0.6) is 0 Å². The second kappa shape index (κ2) is 7.83. The molecule has 7 heteroatoms. The van der Waals surface area contributed by atoms with Crippen LogP contribution in [-0.2, 0) is 16.1 Å². The Morgan fingerprint density at radius 2 is 2.24 bits per heavy atom. The Bertz CT molecular complexity index is 630. The lowest BCUT2D eigenvalue weighted by molar-refractivity contribution is -0.129. The summed E-state index contributed by atoms with van der Waals surface area (Å²) in [5.74, 6) is -0.304. The number of carbonyl (C=O) groups is 2. The summed E-state index contributed by atoms with van der Waals surface area (Å²) in [5.41, 5.74) is 0. The number of nitrogens with zero attached hydrogens (tertiary/aromatic N) is 3. The van der Waals surface area contributed by atoms with Gasteiger partial charge in [-0.3, -0.25) is 14.5 Å². The largest absolute Gasteiger partial charge is 0.339 e. The molecule has 0 radical (unpaired) electrons. The van der Waals surface area contributed by atoms with E-state index in [1.807, 2.05) is 20.0 Å². The number of aromatic nitrogens is 1. The lowest BCUT2D eigenvalue weighted by atomic mass is 10.0. The SMILES string of the molecule is CC1CCCCN1Cc1cnc(NC(=O)C2CC(=O)N(C(C)C)C2)s1. The molecule has 6 nitrogen and oxygen atoms in total. The quantitative estimate of drug-likeness (QED) is 0.872. The van der Waals surface area contributed by atoms with Crippen molar-refractivity contribution in [3.05, 3.63) is 11.1 Å². The van der Waals surface area contributed by atoms with Crippen LogP contribution in [0.4, 0.5) is 5.13 Å². The predicted octanol–water partition coefficient (Wildman–Crippen LogP) is 2.71. The number of anilines is 1. The average molecular weight is 365 g/mol. The first-order valence-corrected chi connectivity index (χ1v) is 10.0. The van der Waals surface area contributed by atoms with Gasteiger partial charge in [0, 0.05) is 42.7 Å². The van der Waals surface area contributed by atoms with Crippen LogP contribution >= 0.6 is 11.3 Å². The van der Waals surface area contributed by atoms with E-state index in [0.717, 1.165) is 13.1 Å². The Morgan fingerprint density at radius 3 is 2.92 bits per heavy atom. The summed E-state index contributed by atoms with van der Waals surface area (Å²) in [5, 5.41) is 3.54. The minimum atomic E-state index is -0.274. The van der Waals surface area contributed by atoms with E-state index < -0.39 is 0 Å². The highest BCUT2D eigenvalue weighted by Crippen LogP contribution is 2.26. The minimum Gasteiger partial charge on any atom is -0.339 e. The van der Waals surface area contributed by atoms with Gasteiger partial charge in [-0.1, -0.05) is 6.42 Å². The van der Waals surface area contributed by atoms with Crippen molar-refractivity contribution in [1.29, 1.82) is 0 Å². The van der Waals surface area contributed by atoms with Crippen LogP contribution in [0.3, 0.4) is 0 Å². The third kappa shape index (κ3) is 4.39. The first-order valence-electron chi connectivity index (χ1n) is 9.23. The van der Waals surface area contributed by atoms with Crippen molar-refractivity contribution in [2.45, 2.75) is 65.1 Å². The van der Waals surface area contributed by atoms with Gasteiger partial charge in [-0.15, -0.1) is 11.3 Å². The molecule has 3 rings (SSSR count). The zero-order chi connectivity index (χ0) is 18.0. The van der Waals surface area contributed by atoms with Gasteiger partial charge in [0.2, 0.25) is 11.8 Å². The van der Waals surface area contributed by atoms with Crippen LogP contribution in [0, 0.1) is 5.92 Å². The minimum absolute atomic E-state index is 0.0639. The molecule has 0 aliphatic carbocycles. The highest BCUT2D eigenvalue weighted by molar-refractivity contribution is 7.15. The Kier molecular flexibility index (Phi) is 5.74. The van der Waals surface area contributed by atoms with E-state index in [-0.39, 0.29) is 23.8 Å². The molecular weight excluding hydrogens is 336 g/mol. The molecule has 3 heterocycles. The Balaban J connectivity index is 1.54. The molecule has 0 aromatic carbocycles. The highest BCUT2D eigenvalue weighted by Gasteiger charge is 2.35. The van der Waals surface area contributed by atoms with Crippen LogP contribution in [0.2, 0.25) is 0 Å². The fraction of sp³-hybridized carbons (Fsp3) is 0.722. The van der Waals surface area contributed by atoms with E-state index in [1.165, 1.54) is 24.1 Å². The van der Waals surface area contributed by atoms with Gasteiger partial charge in [-0.2, -0.15) is 0 Å². The van der Waals surface area contributed by atoms with Crippen LogP contribution in [-0.4, -0.2) is 51.8 Å². The molecule has 2 atom stereocenters. The molecule has 0 bridgehead atoms. The van der Waals surface area contributed by atoms with E-state index in [2.05, 4.69) is 22.1 Å². The van der Waals surface area contributed by atoms with Crippen LogP contribution < -0.4 is 5.32 Å². The molecule has 2 amide bonds. The van der Waals surface area contributed by atoms with Crippen molar-refractivity contribution in [1.82, 2.24) is 14.8 Å². The van der Waals surface area contributed by atoms with Crippen LogP contribution in [0.1, 0.15) is 51.3 Å². The Labute approximate surface area is 153 Å². The number of rotatable bonds is 5. The number of carbonyl (C=O) groups excluding carboxylic acids is 2. The van der Waals surface area contributed by atoms with Gasteiger partial charge in [0.05, 0.1) is 5.92 Å². The topological polar surface area (TPSA) is 65.5 Å². The second-order valence-corrected chi connectivity index (χ2v) is 8.59. The fourth-order valence-corrected chi connectivity index (χ4v) is 4.49. The van der Waals surface area contributed by atoms with Gasteiger partial charge in [-0.05, 0) is 40.2 Å². The maximum atomic E-state index is 12.4. The summed E-state index contributed by atoms with van der Waals surface area (Å²) in [6, 6.07) is 0.753. The molecule has 25 heavy (non-hydrogen) atoms. The molecular formula is C18H28N4O2S. The number of thiazole rings is 1. The highest BCUT2D eigenvalue weighted by atomic mass is 32.1. The first-order chi connectivity index (χ1) is 11.9. The van der Waals surface area contributed by atoms with E-state index in [4.69, 9.17) is 0 Å². The van der Waals surface area contributed by atoms with E-state index in [1.54, 1.807) is 16.2 Å². The monoisotopic (exact) mass is 364 g/mol. The summed E-state index contributed by atoms with van der Waals surface area (Å²) >= 11 is 1.54. The molecule has 2 aliphatic rings. The summed E-state index contributed by atoms with van der Waals surface area (Å²) < 4.78 is 0. The van der Waals surface area contributed by atoms with Crippen LogP contribution in [0.25, 0.3) is 0 Å². The molecule has 0 spiro atoms. The summed E-state index contributed by atoms with van der Waals surface area (Å²) in [6.07, 6.45) is 5.99. The van der Waals surface area contributed by atoms with Gasteiger partial charge >= 0.3 is 0 Å². The smallest absolute Gasteiger partial charge is 0.231 e. The molecule has 2 unspecified atom stereocenters. The van der Waals surface area contributed by atoms with Crippen molar-refractivity contribution in [3.8, 4) is 0 Å². The molecule has 2 fully saturated rings. The van der Waals surface area contributed by atoms with Gasteiger partial charge in [0.25, 0.3) is 0 Å². The molecule has 1 N–H and O–H groups in total. The van der Waals surface area contributed by atoms with E-state index >= 15 is 0 Å². The Morgan fingerprint density at radius 1 is 1.44 bits per heavy atom. The molecule has 1 aromatic rings. The first kappa shape index (κ1) is 18.3. The van der Waals surface area contributed by atoms with Crippen molar-refractivity contribution in [2.75, 3.05) is 18.4 Å². The number of hydrogen-bond acceptors (Lipinski definition) is 5. The average Bonchev–Trinajstić information content (AvgIpc) is 3.16. The van der Waals surface area contributed by atoms with Gasteiger partial charge < -0.3 is 10.2 Å². The van der Waals surface area contributed by atoms with Gasteiger partial charge in [0.1, 0.15) is 0 Å². The van der Waals surface area contributed by atoms with Crippen molar-refractivity contribution in [3.63, 3.8) is 0 Å². The third-order valence-corrected chi connectivity index (χ3v) is 6.13. The van der Waals surface area contributed by atoms with Crippen molar-refractivity contribution in [2.24, 2.45) is 5.92 Å². The fourth-order valence-electron chi connectivity index (χ4n) is 3.64. The van der Waals surface area contributed by atoms with Gasteiger partial charge in [0.15, 0.2) is 5.13 Å². The number of hydrogen-bond donors (Lipinski definition) is 1. The molecule has 138 valence electrons. The molecule has 1 aromatic heterocycles.